The third-order valence-corrected chi connectivity index (χ3v) is 5.13. The molecule has 7 nitrogen and oxygen atoms in total. The number of aryl methyl sites for hydroxylation is 1. The number of hydrogen-bond acceptors (Lipinski definition) is 4. The van der Waals surface area contributed by atoms with Crippen molar-refractivity contribution in [1.29, 1.82) is 0 Å². The van der Waals surface area contributed by atoms with Crippen LogP contribution in [0, 0.1) is 0 Å². The largest absolute Gasteiger partial charge is 0.354 e. The van der Waals surface area contributed by atoms with E-state index in [2.05, 4.69) is 15.4 Å². The maximum Gasteiger partial charge on any atom is 0.267 e. The molecule has 1 fully saturated rings. The van der Waals surface area contributed by atoms with E-state index in [1.807, 2.05) is 0 Å². The van der Waals surface area contributed by atoms with E-state index in [1.165, 1.54) is 23.9 Å². The summed E-state index contributed by atoms with van der Waals surface area (Å²) in [6.45, 7) is 1.40. The van der Waals surface area contributed by atoms with Gasteiger partial charge in [0.15, 0.2) is 0 Å². The van der Waals surface area contributed by atoms with Crippen molar-refractivity contribution >= 4 is 15.9 Å². The fourth-order valence-corrected chi connectivity index (χ4v) is 3.61. The number of carbonyl (C=O) groups excluding carboxylic acids is 1. The number of nitrogens with zero attached hydrogens (tertiary/aromatic N) is 1. The fourth-order valence-electron chi connectivity index (χ4n) is 2.49. The predicted octanol–water partition coefficient (Wildman–Crippen LogP) is -0.195. The minimum absolute atomic E-state index is 0.114. The predicted molar refractivity (Wildman–Crippen MR) is 79.6 cm³/mol. The van der Waals surface area contributed by atoms with Gasteiger partial charge in [0.2, 0.25) is 10.0 Å². The van der Waals surface area contributed by atoms with Gasteiger partial charge in [0, 0.05) is 32.9 Å². The van der Waals surface area contributed by atoms with Gasteiger partial charge in [-0.15, -0.1) is 0 Å². The molecular formula is C13H22N4O3S. The average Bonchev–Trinajstić information content (AvgIpc) is 3.07. The molecule has 118 valence electrons. The van der Waals surface area contributed by atoms with Crippen molar-refractivity contribution in [3.05, 3.63) is 18.0 Å². The third-order valence-electron chi connectivity index (χ3n) is 3.70. The van der Waals surface area contributed by atoms with Gasteiger partial charge in [0.1, 0.15) is 10.6 Å². The van der Waals surface area contributed by atoms with E-state index in [4.69, 9.17) is 0 Å². The lowest BCUT2D eigenvalue weighted by Gasteiger charge is -2.10. The van der Waals surface area contributed by atoms with Crippen molar-refractivity contribution < 1.29 is 13.2 Å². The second kappa shape index (κ2) is 6.59. The van der Waals surface area contributed by atoms with Crippen molar-refractivity contribution in [1.82, 2.24) is 19.9 Å². The number of carbonyl (C=O) groups is 1. The van der Waals surface area contributed by atoms with Gasteiger partial charge in [-0.05, 0) is 31.9 Å². The lowest BCUT2D eigenvalue weighted by Crippen LogP contribution is -2.30. The van der Waals surface area contributed by atoms with Crippen molar-refractivity contribution in [2.45, 2.75) is 30.2 Å². The number of rotatable bonds is 6. The molecular weight excluding hydrogens is 292 g/mol. The first kappa shape index (κ1) is 16.0. The van der Waals surface area contributed by atoms with Crippen LogP contribution in [0.3, 0.4) is 0 Å². The molecule has 21 heavy (non-hydrogen) atoms. The number of hydrogen-bond donors (Lipinski definition) is 3. The van der Waals surface area contributed by atoms with Gasteiger partial charge in [-0.25, -0.2) is 13.1 Å². The highest BCUT2D eigenvalue weighted by Gasteiger charge is 2.21. The molecule has 0 radical (unpaired) electrons. The van der Waals surface area contributed by atoms with Crippen molar-refractivity contribution in [2.24, 2.45) is 7.05 Å². The Balaban J connectivity index is 2.00. The molecule has 0 bridgehead atoms. The summed E-state index contributed by atoms with van der Waals surface area (Å²) in [6, 6.07) is 1.78. The lowest BCUT2D eigenvalue weighted by molar-refractivity contribution is 0.0955. The van der Waals surface area contributed by atoms with Crippen LogP contribution < -0.4 is 15.4 Å². The molecule has 1 aromatic heterocycles. The van der Waals surface area contributed by atoms with Gasteiger partial charge in [-0.3, -0.25) is 4.79 Å². The average molecular weight is 314 g/mol. The number of aromatic nitrogens is 1. The summed E-state index contributed by atoms with van der Waals surface area (Å²) >= 11 is 0. The second-order valence-corrected chi connectivity index (χ2v) is 7.00. The Morgan fingerprint density at radius 3 is 2.90 bits per heavy atom. The van der Waals surface area contributed by atoms with Crippen molar-refractivity contribution in [3.8, 4) is 0 Å². The molecule has 1 amide bonds. The van der Waals surface area contributed by atoms with E-state index in [0.29, 0.717) is 18.3 Å². The van der Waals surface area contributed by atoms with E-state index in [9.17, 15) is 13.2 Å². The van der Waals surface area contributed by atoms with Crippen LogP contribution in [0.5, 0.6) is 0 Å². The summed E-state index contributed by atoms with van der Waals surface area (Å²) in [6.07, 6.45) is 4.45. The Bertz CT molecular complexity index is 603. The van der Waals surface area contributed by atoms with Crippen LogP contribution in [-0.2, 0) is 17.1 Å². The maximum atomic E-state index is 12.2. The van der Waals surface area contributed by atoms with Gasteiger partial charge in [-0.1, -0.05) is 0 Å². The molecule has 0 saturated carbocycles. The molecule has 8 heteroatoms. The van der Waals surface area contributed by atoms with E-state index in [-0.39, 0.29) is 10.8 Å². The zero-order valence-corrected chi connectivity index (χ0v) is 13.2. The minimum atomic E-state index is -3.57. The van der Waals surface area contributed by atoms with Crippen LogP contribution in [0.15, 0.2) is 17.2 Å². The van der Waals surface area contributed by atoms with Crippen LogP contribution in [0.2, 0.25) is 0 Å². The van der Waals surface area contributed by atoms with E-state index < -0.39 is 10.0 Å². The highest BCUT2D eigenvalue weighted by Crippen LogP contribution is 2.14. The summed E-state index contributed by atoms with van der Waals surface area (Å²) in [5.74, 6) is -0.311. The Labute approximate surface area is 125 Å². The number of nitrogens with one attached hydrogen (secondary N) is 3. The fraction of sp³-hybridized carbons (Fsp3) is 0.615. The summed E-state index contributed by atoms with van der Waals surface area (Å²) in [5, 5.41) is 5.81. The van der Waals surface area contributed by atoms with Crippen LogP contribution in [0.1, 0.15) is 29.8 Å². The Kier molecular flexibility index (Phi) is 5.02. The van der Waals surface area contributed by atoms with E-state index >= 15 is 0 Å². The monoisotopic (exact) mass is 314 g/mol. The molecule has 3 N–H and O–H groups in total. The maximum absolute atomic E-state index is 12.2. The third kappa shape index (κ3) is 3.84. The molecule has 0 spiro atoms. The molecule has 1 aliphatic heterocycles. The van der Waals surface area contributed by atoms with Gasteiger partial charge in [0.25, 0.3) is 5.91 Å². The SMILES string of the molecule is CNC(=O)c1cc(S(=O)(=O)NCC[C@H]2CCCN2)cn1C. The van der Waals surface area contributed by atoms with Crippen molar-refractivity contribution in [2.75, 3.05) is 20.1 Å². The van der Waals surface area contributed by atoms with Crippen LogP contribution >= 0.6 is 0 Å². The standard InChI is InChI=1S/C13H22N4O3S/c1-14-13(18)12-8-11(9-17(12)2)21(19,20)16-7-5-10-4-3-6-15-10/h8-10,15-16H,3-7H2,1-2H3,(H,14,18)/t10-/m1/s1. The zero-order valence-electron chi connectivity index (χ0n) is 12.3. The van der Waals surface area contributed by atoms with Gasteiger partial charge in [0.05, 0.1) is 0 Å². The first-order chi connectivity index (χ1) is 9.94. The molecule has 0 unspecified atom stereocenters. The minimum Gasteiger partial charge on any atom is -0.354 e. The first-order valence-corrected chi connectivity index (χ1v) is 8.54. The normalized spacial score (nSPS) is 18.9. The molecule has 0 aliphatic carbocycles. The van der Waals surface area contributed by atoms with Gasteiger partial charge >= 0.3 is 0 Å². The van der Waals surface area contributed by atoms with Crippen LogP contribution in [0.4, 0.5) is 0 Å². The molecule has 1 atom stereocenters. The zero-order chi connectivity index (χ0) is 15.5. The molecule has 1 saturated heterocycles. The quantitative estimate of drug-likeness (QED) is 0.678. The Morgan fingerprint density at radius 1 is 1.52 bits per heavy atom. The van der Waals surface area contributed by atoms with E-state index in [0.717, 1.165) is 25.8 Å². The molecule has 2 heterocycles. The second-order valence-electron chi connectivity index (χ2n) is 5.23. The van der Waals surface area contributed by atoms with Crippen LogP contribution in [-0.4, -0.2) is 45.1 Å². The number of sulfonamides is 1. The van der Waals surface area contributed by atoms with Crippen LogP contribution in [0.25, 0.3) is 0 Å². The van der Waals surface area contributed by atoms with Gasteiger partial charge in [-0.2, -0.15) is 0 Å². The molecule has 1 aromatic rings. The Hall–Kier alpha value is -1.38. The summed E-state index contributed by atoms with van der Waals surface area (Å²) < 4.78 is 28.5. The van der Waals surface area contributed by atoms with Gasteiger partial charge < -0.3 is 15.2 Å². The topological polar surface area (TPSA) is 92.2 Å². The molecule has 1 aliphatic rings. The number of amides is 1. The molecule has 0 aromatic carbocycles. The van der Waals surface area contributed by atoms with Crippen molar-refractivity contribution in [3.63, 3.8) is 0 Å². The summed E-state index contributed by atoms with van der Waals surface area (Å²) in [4.78, 5) is 11.7. The lowest BCUT2D eigenvalue weighted by atomic mass is 10.2. The highest BCUT2D eigenvalue weighted by atomic mass is 32.2. The molecule has 2 rings (SSSR count). The summed E-state index contributed by atoms with van der Waals surface area (Å²) in [7, 11) is -0.419. The first-order valence-electron chi connectivity index (χ1n) is 7.05. The smallest absolute Gasteiger partial charge is 0.267 e. The Morgan fingerprint density at radius 2 is 2.29 bits per heavy atom. The van der Waals surface area contributed by atoms with E-state index in [1.54, 1.807) is 7.05 Å². The highest BCUT2D eigenvalue weighted by molar-refractivity contribution is 7.89. The summed E-state index contributed by atoms with van der Waals surface area (Å²) in [5.41, 5.74) is 0.315.